The van der Waals surface area contributed by atoms with Gasteiger partial charge in [-0.25, -0.2) is 0 Å². The van der Waals surface area contributed by atoms with Gasteiger partial charge in [-0.3, -0.25) is 9.48 Å². The van der Waals surface area contributed by atoms with E-state index in [2.05, 4.69) is 41.5 Å². The summed E-state index contributed by atoms with van der Waals surface area (Å²) in [6.07, 6.45) is 1.64. The standard InChI is InChI=1S/C15H21N5OS/c1-12-3-5-13(6-4-12)22-10-9-19(2)15(21)14-11-20(8-7-16)18-17-14/h3-6,11H,7-10,16H2,1-2H3. The first-order valence-electron chi connectivity index (χ1n) is 7.15. The molecule has 0 bridgehead atoms. The number of carbonyl (C=O) groups is 1. The monoisotopic (exact) mass is 319 g/mol. The van der Waals surface area contributed by atoms with Crippen LogP contribution in [0.5, 0.6) is 0 Å². The Hall–Kier alpha value is -1.86. The Morgan fingerprint density at radius 3 is 2.77 bits per heavy atom. The predicted molar refractivity (Wildman–Crippen MR) is 87.9 cm³/mol. The quantitative estimate of drug-likeness (QED) is 0.781. The third kappa shape index (κ3) is 4.57. The highest BCUT2D eigenvalue weighted by molar-refractivity contribution is 7.99. The lowest BCUT2D eigenvalue weighted by molar-refractivity contribution is 0.0798. The molecule has 7 heteroatoms. The number of hydrogen-bond acceptors (Lipinski definition) is 5. The molecular formula is C15H21N5OS. The van der Waals surface area contributed by atoms with Gasteiger partial charge in [-0.05, 0) is 19.1 Å². The van der Waals surface area contributed by atoms with Crippen molar-refractivity contribution < 1.29 is 4.79 Å². The molecule has 0 saturated heterocycles. The second-order valence-electron chi connectivity index (χ2n) is 5.04. The molecule has 118 valence electrons. The van der Waals surface area contributed by atoms with Crippen LogP contribution in [0.2, 0.25) is 0 Å². The number of thioether (sulfide) groups is 1. The van der Waals surface area contributed by atoms with Crippen molar-refractivity contribution in [2.24, 2.45) is 5.73 Å². The zero-order chi connectivity index (χ0) is 15.9. The third-order valence-corrected chi connectivity index (χ3v) is 4.17. The molecule has 0 aliphatic heterocycles. The lowest BCUT2D eigenvalue weighted by Crippen LogP contribution is -2.29. The normalized spacial score (nSPS) is 10.7. The molecule has 0 radical (unpaired) electrons. The molecule has 2 aromatic rings. The second-order valence-corrected chi connectivity index (χ2v) is 6.21. The van der Waals surface area contributed by atoms with Gasteiger partial charge in [-0.15, -0.1) is 16.9 Å². The molecular weight excluding hydrogens is 298 g/mol. The number of rotatable bonds is 7. The van der Waals surface area contributed by atoms with Crippen LogP contribution in [-0.2, 0) is 6.54 Å². The van der Waals surface area contributed by atoms with E-state index < -0.39 is 0 Å². The Morgan fingerprint density at radius 1 is 1.36 bits per heavy atom. The topological polar surface area (TPSA) is 77.0 Å². The zero-order valence-electron chi connectivity index (χ0n) is 12.9. The minimum atomic E-state index is -0.118. The van der Waals surface area contributed by atoms with E-state index in [0.29, 0.717) is 25.3 Å². The molecule has 0 fully saturated rings. The summed E-state index contributed by atoms with van der Waals surface area (Å²) in [5, 5.41) is 7.77. The van der Waals surface area contributed by atoms with Gasteiger partial charge < -0.3 is 10.6 Å². The molecule has 0 unspecified atom stereocenters. The van der Waals surface area contributed by atoms with E-state index in [9.17, 15) is 4.79 Å². The number of aryl methyl sites for hydroxylation is 1. The van der Waals surface area contributed by atoms with Gasteiger partial charge in [-0.1, -0.05) is 22.9 Å². The van der Waals surface area contributed by atoms with Crippen LogP contribution in [0, 0.1) is 6.92 Å². The number of carbonyl (C=O) groups excluding carboxylic acids is 1. The smallest absolute Gasteiger partial charge is 0.275 e. The fourth-order valence-electron chi connectivity index (χ4n) is 1.87. The lowest BCUT2D eigenvalue weighted by Gasteiger charge is -2.15. The van der Waals surface area contributed by atoms with Gasteiger partial charge in [0.05, 0.1) is 12.7 Å². The Morgan fingerprint density at radius 2 is 2.09 bits per heavy atom. The number of hydrogen-bond donors (Lipinski definition) is 1. The van der Waals surface area contributed by atoms with E-state index >= 15 is 0 Å². The van der Waals surface area contributed by atoms with Crippen molar-refractivity contribution in [2.75, 3.05) is 25.9 Å². The third-order valence-electron chi connectivity index (χ3n) is 3.18. The van der Waals surface area contributed by atoms with E-state index in [4.69, 9.17) is 5.73 Å². The second kappa shape index (κ2) is 7.95. The first-order chi connectivity index (χ1) is 10.6. The number of aromatic nitrogens is 3. The number of amides is 1. The van der Waals surface area contributed by atoms with E-state index in [1.165, 1.54) is 10.5 Å². The predicted octanol–water partition coefficient (Wildman–Crippen LogP) is 1.41. The summed E-state index contributed by atoms with van der Waals surface area (Å²) in [7, 11) is 1.78. The Balaban J connectivity index is 1.81. The first kappa shape index (κ1) is 16.5. The SMILES string of the molecule is Cc1ccc(SCCN(C)C(=O)c2cn(CCN)nn2)cc1. The molecule has 0 aliphatic carbocycles. The van der Waals surface area contributed by atoms with Crippen molar-refractivity contribution >= 4 is 17.7 Å². The van der Waals surface area contributed by atoms with Gasteiger partial charge in [0.2, 0.25) is 0 Å². The summed E-state index contributed by atoms with van der Waals surface area (Å²) < 4.78 is 1.59. The molecule has 1 aromatic heterocycles. The summed E-state index contributed by atoms with van der Waals surface area (Å²) in [5.74, 6) is 0.718. The van der Waals surface area contributed by atoms with Crippen LogP contribution in [0.25, 0.3) is 0 Å². The average molecular weight is 319 g/mol. The van der Waals surface area contributed by atoms with E-state index in [0.717, 1.165) is 5.75 Å². The van der Waals surface area contributed by atoms with Crippen LogP contribution >= 0.6 is 11.8 Å². The maximum absolute atomic E-state index is 12.2. The van der Waals surface area contributed by atoms with Gasteiger partial charge in [0.1, 0.15) is 0 Å². The largest absolute Gasteiger partial charge is 0.339 e. The Labute approximate surface area is 134 Å². The summed E-state index contributed by atoms with van der Waals surface area (Å²) in [5.41, 5.74) is 7.05. The zero-order valence-corrected chi connectivity index (χ0v) is 13.7. The van der Waals surface area contributed by atoms with Crippen LogP contribution in [0.3, 0.4) is 0 Å². The summed E-state index contributed by atoms with van der Waals surface area (Å²) >= 11 is 1.73. The van der Waals surface area contributed by atoms with Crippen molar-refractivity contribution in [3.63, 3.8) is 0 Å². The Kier molecular flexibility index (Phi) is 5.97. The molecule has 1 heterocycles. The maximum atomic E-state index is 12.2. The molecule has 1 amide bonds. The van der Waals surface area contributed by atoms with Gasteiger partial charge >= 0.3 is 0 Å². The fraction of sp³-hybridized carbons (Fsp3) is 0.400. The minimum absolute atomic E-state index is 0.118. The van der Waals surface area contributed by atoms with Crippen LogP contribution in [-0.4, -0.2) is 51.7 Å². The lowest BCUT2D eigenvalue weighted by atomic mass is 10.2. The highest BCUT2D eigenvalue weighted by atomic mass is 32.2. The summed E-state index contributed by atoms with van der Waals surface area (Å²) in [4.78, 5) is 15.1. The molecule has 0 aliphatic rings. The summed E-state index contributed by atoms with van der Waals surface area (Å²) in [6.45, 7) is 3.76. The summed E-state index contributed by atoms with van der Waals surface area (Å²) in [6, 6.07) is 8.38. The van der Waals surface area contributed by atoms with Crippen LogP contribution in [0.15, 0.2) is 35.4 Å². The molecule has 1 aromatic carbocycles. The molecule has 22 heavy (non-hydrogen) atoms. The highest BCUT2D eigenvalue weighted by Crippen LogP contribution is 2.18. The van der Waals surface area contributed by atoms with Crippen molar-refractivity contribution in [1.82, 2.24) is 19.9 Å². The van der Waals surface area contributed by atoms with Crippen molar-refractivity contribution in [3.05, 3.63) is 41.7 Å². The molecule has 2 rings (SSSR count). The molecule has 2 N–H and O–H groups in total. The van der Waals surface area contributed by atoms with Crippen molar-refractivity contribution in [1.29, 1.82) is 0 Å². The number of nitrogens with two attached hydrogens (primary N) is 1. The van der Waals surface area contributed by atoms with E-state index in [1.54, 1.807) is 34.6 Å². The first-order valence-corrected chi connectivity index (χ1v) is 8.14. The average Bonchev–Trinajstić information content (AvgIpc) is 2.97. The van der Waals surface area contributed by atoms with E-state index in [-0.39, 0.29) is 5.91 Å². The van der Waals surface area contributed by atoms with Gasteiger partial charge in [-0.2, -0.15) is 0 Å². The fourth-order valence-corrected chi connectivity index (χ4v) is 2.80. The molecule has 0 saturated carbocycles. The Bertz CT molecular complexity index is 611. The van der Waals surface area contributed by atoms with Crippen LogP contribution in [0.4, 0.5) is 0 Å². The minimum Gasteiger partial charge on any atom is -0.339 e. The van der Waals surface area contributed by atoms with Crippen LogP contribution < -0.4 is 5.73 Å². The van der Waals surface area contributed by atoms with Crippen molar-refractivity contribution in [2.45, 2.75) is 18.4 Å². The molecule has 6 nitrogen and oxygen atoms in total. The van der Waals surface area contributed by atoms with Crippen LogP contribution in [0.1, 0.15) is 16.1 Å². The van der Waals surface area contributed by atoms with Crippen molar-refractivity contribution in [3.8, 4) is 0 Å². The van der Waals surface area contributed by atoms with Gasteiger partial charge in [0.15, 0.2) is 5.69 Å². The van der Waals surface area contributed by atoms with E-state index in [1.807, 2.05) is 0 Å². The molecule has 0 spiro atoms. The van der Waals surface area contributed by atoms with Gasteiger partial charge in [0, 0.05) is 30.8 Å². The molecule has 0 atom stereocenters. The highest BCUT2D eigenvalue weighted by Gasteiger charge is 2.15. The maximum Gasteiger partial charge on any atom is 0.275 e. The number of benzene rings is 1. The van der Waals surface area contributed by atoms with Gasteiger partial charge in [0.25, 0.3) is 5.91 Å². The number of nitrogens with zero attached hydrogens (tertiary/aromatic N) is 4.